The van der Waals surface area contributed by atoms with Crippen molar-refractivity contribution in [2.45, 2.75) is 25.3 Å². The van der Waals surface area contributed by atoms with Crippen LogP contribution in [-0.2, 0) is 26.8 Å². The first kappa shape index (κ1) is 24.2. The van der Waals surface area contributed by atoms with Crippen LogP contribution in [0.25, 0.3) is 16.3 Å². The lowest BCUT2D eigenvalue weighted by Gasteiger charge is -2.21. The minimum absolute atomic E-state index is 0.0101. The maximum atomic E-state index is 11.4. The van der Waals surface area contributed by atoms with Crippen LogP contribution < -0.4 is 9.47 Å². The number of benzene rings is 2. The topological polar surface area (TPSA) is 119 Å². The molecule has 1 aromatic heterocycles. The molecule has 0 radical (unpaired) electrons. The Bertz CT molecular complexity index is 1480. The number of rotatable bonds is 7. The summed E-state index contributed by atoms with van der Waals surface area (Å²) in [7, 11) is -8.57. The Labute approximate surface area is 201 Å². The number of thiazole rings is 1. The van der Waals surface area contributed by atoms with E-state index >= 15 is 0 Å². The third-order valence-electron chi connectivity index (χ3n) is 5.16. The van der Waals surface area contributed by atoms with Crippen LogP contribution in [0, 0.1) is 13.8 Å². The van der Waals surface area contributed by atoms with Gasteiger partial charge in [-0.3, -0.25) is 4.55 Å². The van der Waals surface area contributed by atoms with E-state index in [1.807, 2.05) is 65.8 Å². The fourth-order valence-corrected chi connectivity index (χ4v) is 6.72. The summed E-state index contributed by atoms with van der Waals surface area (Å²) < 4.78 is 68.9. The average Bonchev–Trinajstić information content (AvgIpc) is 3.20. The van der Waals surface area contributed by atoms with E-state index in [9.17, 15) is 25.9 Å². The molecule has 1 aliphatic rings. The fourth-order valence-electron chi connectivity index (χ4n) is 3.61. The van der Waals surface area contributed by atoms with Crippen molar-refractivity contribution in [3.8, 4) is 0 Å². The summed E-state index contributed by atoms with van der Waals surface area (Å²) in [5, 5.41) is 1.49. The van der Waals surface area contributed by atoms with Crippen LogP contribution in [0.5, 0.6) is 0 Å². The third kappa shape index (κ3) is 5.76. The van der Waals surface area contributed by atoms with E-state index in [4.69, 9.17) is 0 Å². The van der Waals surface area contributed by atoms with Crippen molar-refractivity contribution in [2.75, 3.05) is 23.0 Å². The molecule has 0 saturated carbocycles. The van der Waals surface area contributed by atoms with Crippen molar-refractivity contribution < 1.29 is 30.5 Å². The molecule has 0 spiro atoms. The van der Waals surface area contributed by atoms with E-state index in [2.05, 4.69) is 0 Å². The van der Waals surface area contributed by atoms with Crippen molar-refractivity contribution in [3.63, 3.8) is 0 Å². The lowest BCUT2D eigenvalue weighted by Crippen LogP contribution is -2.38. The maximum absolute atomic E-state index is 11.4. The molecule has 33 heavy (non-hydrogen) atoms. The average molecular weight is 527 g/mol. The van der Waals surface area contributed by atoms with Gasteiger partial charge in [-0.15, -0.1) is 0 Å². The molecule has 8 nitrogen and oxygen atoms in total. The molecule has 12 heteroatoms. The second-order valence-electron chi connectivity index (χ2n) is 7.82. The number of nitrogens with zero attached hydrogens (tertiary/aromatic N) is 2. The lowest BCUT2D eigenvalue weighted by atomic mass is 10.2. The highest BCUT2D eigenvalue weighted by Crippen LogP contribution is 2.47. The monoisotopic (exact) mass is 526 g/mol. The van der Waals surface area contributed by atoms with Crippen molar-refractivity contribution in [1.29, 1.82) is 0 Å². The van der Waals surface area contributed by atoms with Crippen LogP contribution in [0.3, 0.4) is 0 Å². The summed E-state index contributed by atoms with van der Waals surface area (Å²) in [4.78, 5) is 2.75. The molecule has 2 heterocycles. The second-order valence-corrected chi connectivity index (χ2v) is 13.0. The fraction of sp³-hybridized carbons (Fsp3) is 0.286. The number of fused-ring (bicyclic) bond motifs is 2. The molecule has 176 valence electrons. The van der Waals surface area contributed by atoms with E-state index in [1.54, 1.807) is 0 Å². The normalized spacial score (nSPS) is 15.5. The summed E-state index contributed by atoms with van der Waals surface area (Å²) in [6.45, 7) is 3.95. The lowest BCUT2D eigenvalue weighted by molar-refractivity contribution is -0.664. The summed E-state index contributed by atoms with van der Waals surface area (Å²) in [6.07, 6.45) is 1.88. The number of aryl methyl sites for hydroxylation is 3. The molecular weight excluding hydrogens is 505 g/mol. The van der Waals surface area contributed by atoms with E-state index in [1.165, 1.54) is 23.1 Å². The second kappa shape index (κ2) is 9.01. The minimum Gasteiger partial charge on any atom is -0.748 e. The number of thioether (sulfide) groups is 1. The van der Waals surface area contributed by atoms with Crippen LogP contribution in [0.4, 0.5) is 5.69 Å². The van der Waals surface area contributed by atoms with Gasteiger partial charge in [0.2, 0.25) is 5.52 Å². The first-order chi connectivity index (χ1) is 15.4. The molecule has 0 aliphatic carbocycles. The highest BCUT2D eigenvalue weighted by molar-refractivity contribution is 8.04. The van der Waals surface area contributed by atoms with Gasteiger partial charge in [-0.25, -0.2) is 8.42 Å². The van der Waals surface area contributed by atoms with Crippen LogP contribution in [0.15, 0.2) is 46.3 Å². The number of aromatic nitrogens is 1. The van der Waals surface area contributed by atoms with E-state index in [-0.39, 0.29) is 13.1 Å². The van der Waals surface area contributed by atoms with Gasteiger partial charge < -0.3 is 9.45 Å². The molecule has 0 saturated heterocycles. The molecule has 0 fully saturated rings. The highest BCUT2D eigenvalue weighted by atomic mass is 32.2. The van der Waals surface area contributed by atoms with Gasteiger partial charge in [0, 0.05) is 17.5 Å². The summed E-state index contributed by atoms with van der Waals surface area (Å²) >= 11 is 2.93. The first-order valence-corrected chi connectivity index (χ1v) is 14.8. The summed E-state index contributed by atoms with van der Waals surface area (Å²) in [5.74, 6) is -0.967. The third-order valence-corrected chi connectivity index (χ3v) is 8.76. The van der Waals surface area contributed by atoms with Crippen LogP contribution >= 0.6 is 23.1 Å². The largest absolute Gasteiger partial charge is 0.748 e. The van der Waals surface area contributed by atoms with Crippen LogP contribution in [0.1, 0.15) is 16.1 Å². The zero-order chi connectivity index (χ0) is 24.0. The molecule has 1 aliphatic heterocycles. The Hall–Kier alpha value is -1.96. The Morgan fingerprint density at radius 2 is 1.76 bits per heavy atom. The Kier molecular flexibility index (Phi) is 6.60. The van der Waals surface area contributed by atoms with E-state index in [0.29, 0.717) is 0 Å². The molecule has 1 N–H and O–H groups in total. The van der Waals surface area contributed by atoms with Gasteiger partial charge >= 0.3 is 0 Å². The predicted molar refractivity (Wildman–Crippen MR) is 130 cm³/mol. The van der Waals surface area contributed by atoms with Gasteiger partial charge in [-0.1, -0.05) is 35.2 Å². The van der Waals surface area contributed by atoms with Crippen molar-refractivity contribution in [2.24, 2.45) is 0 Å². The molecule has 3 aromatic rings. The summed E-state index contributed by atoms with van der Waals surface area (Å²) in [6, 6.07) is 11.8. The Balaban J connectivity index is 1.81. The smallest absolute Gasteiger partial charge is 0.271 e. The Morgan fingerprint density at radius 3 is 2.45 bits per heavy atom. The van der Waals surface area contributed by atoms with E-state index < -0.39 is 31.7 Å². The number of anilines is 1. The SMILES string of the molecule is Cc1ccc2c(c1)N(CCS(=O)(=O)[O-])/C(=C/c1sc3ccc(C)cc3[n+]1CCS(=O)(=O)O)S2. The minimum atomic E-state index is -4.40. The van der Waals surface area contributed by atoms with Crippen molar-refractivity contribution in [3.05, 3.63) is 57.6 Å². The number of hydrogen-bond donors (Lipinski definition) is 1. The van der Waals surface area contributed by atoms with Crippen LogP contribution in [0.2, 0.25) is 0 Å². The van der Waals surface area contributed by atoms with Crippen LogP contribution in [-0.4, -0.2) is 44.0 Å². The first-order valence-electron chi connectivity index (χ1n) is 9.99. The zero-order valence-corrected chi connectivity index (χ0v) is 21.2. The maximum Gasteiger partial charge on any atom is 0.271 e. The van der Waals surface area contributed by atoms with Crippen molar-refractivity contribution >= 4 is 65.3 Å². The quantitative estimate of drug-likeness (QED) is 0.368. The molecule has 2 aromatic carbocycles. The van der Waals surface area contributed by atoms with Gasteiger partial charge in [-0.05, 0) is 43.2 Å². The van der Waals surface area contributed by atoms with Gasteiger partial charge in [0.15, 0.2) is 6.54 Å². The molecule has 0 amide bonds. The summed E-state index contributed by atoms with van der Waals surface area (Å²) in [5.41, 5.74) is 3.70. The van der Waals surface area contributed by atoms with Gasteiger partial charge in [0.1, 0.15) is 10.5 Å². The standard InChI is InChI=1S/C21H22N2O6S4/c1-14-3-5-18-16(11-14)22(7-9-32(24,25)26)20(30-18)13-21-23(8-10-33(27,28)29)17-12-15(2)4-6-19(17)31-21/h3-6,11-13H,7-10H2,1-2H3,(H-,24,25,26,27,28,29). The molecule has 0 bridgehead atoms. The van der Waals surface area contributed by atoms with Gasteiger partial charge in [0.05, 0.1) is 32.7 Å². The zero-order valence-electron chi connectivity index (χ0n) is 17.9. The highest BCUT2D eigenvalue weighted by Gasteiger charge is 2.29. The van der Waals surface area contributed by atoms with Gasteiger partial charge in [0.25, 0.3) is 15.1 Å². The number of hydrogen-bond acceptors (Lipinski definition) is 8. The Morgan fingerprint density at radius 1 is 1.06 bits per heavy atom. The van der Waals surface area contributed by atoms with E-state index in [0.717, 1.165) is 42.0 Å². The molecule has 0 atom stereocenters. The van der Waals surface area contributed by atoms with Gasteiger partial charge in [-0.2, -0.15) is 13.0 Å². The van der Waals surface area contributed by atoms with Crippen molar-refractivity contribution in [1.82, 2.24) is 0 Å². The molecule has 0 unspecified atom stereocenters. The molecule has 4 rings (SSSR count). The molecular formula is C21H22N2O6S4. The predicted octanol–water partition coefficient (Wildman–Crippen LogP) is 3.15.